The quantitative estimate of drug-likeness (QED) is 0.653. The highest BCUT2D eigenvalue weighted by molar-refractivity contribution is 7.24. The molecule has 1 aromatic heterocycles. The van der Waals surface area contributed by atoms with Crippen molar-refractivity contribution in [2.45, 2.75) is 6.92 Å². The van der Waals surface area contributed by atoms with Gasteiger partial charge < -0.3 is 0 Å². The molecule has 1 aromatic carbocycles. The van der Waals surface area contributed by atoms with Gasteiger partial charge in [0.05, 0.1) is 0 Å². The van der Waals surface area contributed by atoms with E-state index in [1.54, 1.807) is 22.7 Å². The molecule has 0 aliphatic heterocycles. The van der Waals surface area contributed by atoms with Crippen LogP contribution in [0.2, 0.25) is 0 Å². The van der Waals surface area contributed by atoms with E-state index in [0.717, 1.165) is 0 Å². The molecule has 0 atom stereocenters. The van der Waals surface area contributed by atoms with Crippen molar-refractivity contribution in [3.8, 4) is 0 Å². The molecule has 0 saturated carbocycles. The van der Waals surface area contributed by atoms with Gasteiger partial charge in [-0.25, -0.2) is 0 Å². The second-order valence-electron chi connectivity index (χ2n) is 3.17. The normalized spacial score (nSPS) is 10.1. The zero-order valence-electron chi connectivity index (χ0n) is 8.23. The minimum absolute atomic E-state index is 1.25. The fourth-order valence-corrected chi connectivity index (χ4v) is 3.06. The van der Waals surface area contributed by atoms with Gasteiger partial charge in [0.25, 0.3) is 0 Å². The third kappa shape index (κ3) is 1.94. The van der Waals surface area contributed by atoms with Crippen LogP contribution in [0, 0.1) is 6.92 Å². The van der Waals surface area contributed by atoms with E-state index in [2.05, 4.69) is 53.6 Å². The van der Waals surface area contributed by atoms with E-state index >= 15 is 0 Å². The van der Waals surface area contributed by atoms with Crippen LogP contribution in [0.25, 0.3) is 0 Å². The van der Waals surface area contributed by atoms with Crippen molar-refractivity contribution in [1.29, 1.82) is 0 Å². The summed E-state index contributed by atoms with van der Waals surface area (Å²) in [7, 11) is 2.11. The molecule has 2 aromatic rings. The largest absolute Gasteiger partial charge is 0.319 e. The van der Waals surface area contributed by atoms with E-state index in [9.17, 15) is 0 Å². The van der Waals surface area contributed by atoms with Gasteiger partial charge in [-0.15, -0.1) is 0 Å². The smallest absolute Gasteiger partial charge is 0.177 e. The van der Waals surface area contributed by atoms with Gasteiger partial charge in [-0.05, 0) is 12.5 Å². The Bertz CT molecular complexity index is 477. The van der Waals surface area contributed by atoms with Crippen molar-refractivity contribution >= 4 is 28.4 Å². The molecule has 0 radical (unpaired) electrons. The number of hydrogen-bond acceptors (Lipinski definition) is 2. The number of aryl methyl sites for hydroxylation is 1. The maximum Gasteiger partial charge on any atom is 0.319 e. The van der Waals surface area contributed by atoms with Crippen LogP contribution in [0.4, 0.5) is 5.69 Å². The first-order valence-corrected chi connectivity index (χ1v) is 6.19. The fraction of sp³-hybridized carbons (Fsp3) is 0.182. The van der Waals surface area contributed by atoms with Crippen molar-refractivity contribution in [2.24, 2.45) is 0 Å². The highest BCUT2D eigenvalue weighted by Crippen LogP contribution is 2.10. The first kappa shape index (κ1) is 9.62. The van der Waals surface area contributed by atoms with E-state index in [4.69, 9.17) is 0 Å². The molecular formula is C11H12NS2+. The maximum atomic E-state index is 2.22. The summed E-state index contributed by atoms with van der Waals surface area (Å²) < 4.78 is 3.54. The zero-order chi connectivity index (χ0) is 9.97. The van der Waals surface area contributed by atoms with Gasteiger partial charge in [0.15, 0.2) is 0 Å². The van der Waals surface area contributed by atoms with Crippen molar-refractivity contribution < 1.29 is 0 Å². The molecule has 72 valence electrons. The predicted octanol–water partition coefficient (Wildman–Crippen LogP) is 2.85. The lowest BCUT2D eigenvalue weighted by Gasteiger charge is -1.95. The van der Waals surface area contributed by atoms with Crippen LogP contribution in [0.1, 0.15) is 5.56 Å². The topological polar surface area (TPSA) is 3.01 Å². The van der Waals surface area contributed by atoms with Gasteiger partial charge in [0.2, 0.25) is 5.69 Å². The zero-order valence-corrected chi connectivity index (χ0v) is 9.86. The highest BCUT2D eigenvalue weighted by Gasteiger charge is 2.04. The van der Waals surface area contributed by atoms with Crippen molar-refractivity contribution in [3.63, 3.8) is 0 Å². The summed E-state index contributed by atoms with van der Waals surface area (Å²) in [5.74, 6) is 0. The predicted molar refractivity (Wildman–Crippen MR) is 64.2 cm³/mol. The van der Waals surface area contributed by atoms with Gasteiger partial charge in [0.1, 0.15) is 7.05 Å². The number of hydrogen-bond donors (Lipinski definition) is 0. The summed E-state index contributed by atoms with van der Waals surface area (Å²) in [5, 5.41) is 4.23. The van der Waals surface area contributed by atoms with Crippen LogP contribution < -0.4 is 8.56 Å². The average Bonchev–Trinajstić information content (AvgIpc) is 2.69. The Balaban J connectivity index is 2.57. The third-order valence-corrected chi connectivity index (χ3v) is 4.30. The minimum Gasteiger partial charge on any atom is -0.177 e. The molecule has 1 heterocycles. The first-order valence-electron chi connectivity index (χ1n) is 4.43. The average molecular weight is 222 g/mol. The summed E-state index contributed by atoms with van der Waals surface area (Å²) in [6, 6.07) is 8.56. The lowest BCUT2D eigenvalue weighted by Crippen LogP contribution is -2.14. The summed E-state index contributed by atoms with van der Waals surface area (Å²) >= 11 is 3.55. The summed E-state index contributed by atoms with van der Waals surface area (Å²) in [4.78, 5) is 0. The molecule has 0 fully saturated rings. The van der Waals surface area contributed by atoms with Crippen molar-refractivity contribution in [1.82, 2.24) is 4.58 Å². The van der Waals surface area contributed by atoms with E-state index in [1.807, 2.05) is 0 Å². The summed E-state index contributed by atoms with van der Waals surface area (Å²) in [6.45, 7) is 2.12. The molecule has 0 N–H and O–H groups in total. The minimum atomic E-state index is 1.25. The lowest BCUT2D eigenvalue weighted by molar-refractivity contribution is 0.929. The summed E-state index contributed by atoms with van der Waals surface area (Å²) in [5.41, 5.74) is 2.56. The van der Waals surface area contributed by atoms with Crippen LogP contribution in [-0.2, 0) is 0 Å². The Morgan fingerprint density at radius 3 is 2.50 bits per heavy atom. The molecule has 14 heavy (non-hydrogen) atoms. The molecule has 0 spiro atoms. The van der Waals surface area contributed by atoms with Crippen LogP contribution in [-0.4, -0.2) is 7.05 Å². The van der Waals surface area contributed by atoms with Crippen molar-refractivity contribution in [2.75, 3.05) is 7.05 Å². The molecule has 2 rings (SSSR count). The standard InChI is InChI=1S/C11H12NS2/c1-9-4-3-5-10(8-9)12(2)11-13-6-7-14-11/h3-8H,1-2H3/q+1. The van der Waals surface area contributed by atoms with E-state index in [0.29, 0.717) is 0 Å². The number of rotatable bonds is 1. The van der Waals surface area contributed by atoms with Crippen LogP contribution in [0.3, 0.4) is 0 Å². The summed E-state index contributed by atoms with van der Waals surface area (Å²) in [6.07, 6.45) is 0. The van der Waals surface area contributed by atoms with Gasteiger partial charge in [-0.1, -0.05) is 34.8 Å². The Morgan fingerprint density at radius 2 is 1.86 bits per heavy atom. The van der Waals surface area contributed by atoms with Crippen molar-refractivity contribution in [3.05, 3.63) is 44.6 Å². The molecule has 0 unspecified atom stereocenters. The number of benzene rings is 1. The van der Waals surface area contributed by atoms with E-state index < -0.39 is 0 Å². The Hall–Kier alpha value is -0.930. The monoisotopic (exact) mass is 222 g/mol. The second kappa shape index (κ2) is 4.07. The molecule has 0 aliphatic carbocycles. The molecule has 0 aliphatic rings. The Labute approximate surface area is 91.6 Å². The first-order chi connectivity index (χ1) is 6.77. The number of nitrogens with zero attached hydrogens (tertiary/aromatic N) is 1. The van der Waals surface area contributed by atoms with Gasteiger partial charge in [-0.3, -0.25) is 0 Å². The van der Waals surface area contributed by atoms with Gasteiger partial charge >= 0.3 is 3.98 Å². The highest BCUT2D eigenvalue weighted by atomic mass is 32.2. The molecule has 0 saturated heterocycles. The SMILES string of the molecule is Cc1cccc([N+](C)=c2sccs2)c1. The third-order valence-electron chi connectivity index (χ3n) is 2.06. The van der Waals surface area contributed by atoms with Gasteiger partial charge in [0, 0.05) is 22.9 Å². The van der Waals surface area contributed by atoms with Crippen LogP contribution in [0.5, 0.6) is 0 Å². The second-order valence-corrected chi connectivity index (χ2v) is 5.22. The molecular weight excluding hydrogens is 210 g/mol. The Morgan fingerprint density at radius 1 is 1.14 bits per heavy atom. The van der Waals surface area contributed by atoms with Crippen LogP contribution in [0.15, 0.2) is 35.0 Å². The molecule has 1 nitrogen and oxygen atoms in total. The van der Waals surface area contributed by atoms with E-state index in [1.165, 1.54) is 15.2 Å². The Kier molecular flexibility index (Phi) is 2.79. The lowest BCUT2D eigenvalue weighted by atomic mass is 10.2. The van der Waals surface area contributed by atoms with Crippen LogP contribution >= 0.6 is 22.7 Å². The van der Waals surface area contributed by atoms with E-state index in [-0.39, 0.29) is 0 Å². The molecule has 0 amide bonds. The fourth-order valence-electron chi connectivity index (χ4n) is 1.30. The molecule has 0 bridgehead atoms. The molecule has 3 heteroatoms. The van der Waals surface area contributed by atoms with Gasteiger partial charge in [-0.2, -0.15) is 4.58 Å². The maximum absolute atomic E-state index is 2.22.